The van der Waals surface area contributed by atoms with Crippen LogP contribution in [0.1, 0.15) is 28.8 Å². The van der Waals surface area contributed by atoms with Crippen LogP contribution in [0, 0.1) is 19.1 Å². The first-order chi connectivity index (χ1) is 16.3. The second-order valence-electron chi connectivity index (χ2n) is 7.60. The van der Waals surface area contributed by atoms with Gasteiger partial charge in [0.15, 0.2) is 5.43 Å². The number of benzene rings is 2. The molecule has 174 valence electrons. The topological polar surface area (TPSA) is 112 Å². The van der Waals surface area contributed by atoms with Crippen LogP contribution in [-0.2, 0) is 0 Å². The number of ether oxygens (including phenoxy) is 2. The standard InChI is InChI=1S/C26H22NO7/c1-4-32-21-11-7-17(8-12-21)19-13-22(28)24-15(2)33-16(3)25(24)23(14-19)34-26(29)18-5-9-20(10-6-18)27(30)31/h5-14,30H,4H2,1-3H3/q-1. The second-order valence-corrected chi connectivity index (χ2v) is 7.60. The summed E-state index contributed by atoms with van der Waals surface area (Å²) < 4.78 is 16.9. The van der Waals surface area contributed by atoms with Crippen LogP contribution >= 0.6 is 0 Å². The highest BCUT2D eigenvalue weighted by molar-refractivity contribution is 5.97. The molecule has 0 aliphatic heterocycles. The summed E-state index contributed by atoms with van der Waals surface area (Å²) in [5.74, 6) is 1.04. The summed E-state index contributed by atoms with van der Waals surface area (Å²) in [7, 11) is 0. The van der Waals surface area contributed by atoms with Gasteiger partial charge in [0, 0.05) is 0 Å². The molecule has 0 aliphatic rings. The second kappa shape index (κ2) is 9.38. The number of anilines is 1. The van der Waals surface area contributed by atoms with Crippen LogP contribution in [0.5, 0.6) is 11.5 Å². The van der Waals surface area contributed by atoms with Crippen molar-refractivity contribution in [2.45, 2.75) is 20.8 Å². The SMILES string of the molecule is CCOc1ccc(-c2cc(OC(=O)c3ccc(N([O-])O)cc3)c3c(C)oc(C)c3c(=O)c2)cc1. The highest BCUT2D eigenvalue weighted by atomic mass is 16.8. The molecule has 0 spiro atoms. The third-order valence-electron chi connectivity index (χ3n) is 5.35. The van der Waals surface area contributed by atoms with Crippen molar-refractivity contribution in [1.29, 1.82) is 0 Å². The Morgan fingerprint density at radius 1 is 0.971 bits per heavy atom. The van der Waals surface area contributed by atoms with E-state index in [2.05, 4.69) is 0 Å². The van der Waals surface area contributed by atoms with Gasteiger partial charge in [-0.15, -0.1) is 0 Å². The molecule has 0 radical (unpaired) electrons. The predicted molar refractivity (Wildman–Crippen MR) is 128 cm³/mol. The summed E-state index contributed by atoms with van der Waals surface area (Å²) in [5.41, 5.74) is 1.17. The lowest BCUT2D eigenvalue weighted by atomic mass is 10.1. The molecule has 1 N–H and O–H groups in total. The van der Waals surface area contributed by atoms with Crippen molar-refractivity contribution in [1.82, 2.24) is 0 Å². The Labute approximate surface area is 195 Å². The molecule has 0 saturated carbocycles. The molecule has 1 aromatic heterocycles. The normalized spacial score (nSPS) is 10.9. The predicted octanol–water partition coefficient (Wildman–Crippen LogP) is 5.39. The fraction of sp³-hybridized carbons (Fsp3) is 0.154. The van der Waals surface area contributed by atoms with Crippen molar-refractivity contribution in [3.8, 4) is 22.6 Å². The number of hydrogen-bond donors (Lipinski definition) is 1. The van der Waals surface area contributed by atoms with E-state index in [1.807, 2.05) is 19.1 Å². The van der Waals surface area contributed by atoms with E-state index in [0.717, 1.165) is 5.56 Å². The summed E-state index contributed by atoms with van der Waals surface area (Å²) >= 11 is 0. The number of fused-ring (bicyclic) bond motifs is 1. The van der Waals surface area contributed by atoms with E-state index in [1.54, 1.807) is 32.0 Å². The lowest BCUT2D eigenvalue weighted by Gasteiger charge is -2.21. The molecule has 0 atom stereocenters. The van der Waals surface area contributed by atoms with E-state index in [1.165, 1.54) is 30.3 Å². The molecule has 4 aromatic rings. The molecule has 8 nitrogen and oxygen atoms in total. The van der Waals surface area contributed by atoms with Gasteiger partial charge in [-0.05, 0) is 80.4 Å². The number of esters is 1. The van der Waals surface area contributed by atoms with E-state index >= 15 is 0 Å². The Morgan fingerprint density at radius 3 is 2.24 bits per heavy atom. The lowest BCUT2D eigenvalue weighted by Crippen LogP contribution is -2.10. The Kier molecular flexibility index (Phi) is 6.36. The van der Waals surface area contributed by atoms with Gasteiger partial charge < -0.3 is 24.3 Å². The zero-order valence-electron chi connectivity index (χ0n) is 18.8. The summed E-state index contributed by atoms with van der Waals surface area (Å²) in [4.78, 5) is 26.0. The third-order valence-corrected chi connectivity index (χ3v) is 5.35. The maximum Gasteiger partial charge on any atom is 0.343 e. The molecular weight excluding hydrogens is 438 g/mol. The number of aryl methyl sites for hydroxylation is 2. The summed E-state index contributed by atoms with van der Waals surface area (Å²) in [6, 6.07) is 15.7. The van der Waals surface area contributed by atoms with Crippen LogP contribution in [0.4, 0.5) is 5.69 Å². The molecule has 3 aromatic carbocycles. The first-order valence-corrected chi connectivity index (χ1v) is 10.6. The van der Waals surface area contributed by atoms with E-state index in [-0.39, 0.29) is 27.7 Å². The quantitative estimate of drug-likeness (QED) is 0.301. The van der Waals surface area contributed by atoms with Gasteiger partial charge in [-0.3, -0.25) is 10.0 Å². The zero-order valence-corrected chi connectivity index (χ0v) is 18.8. The molecule has 8 heteroatoms. The number of hydrogen-bond acceptors (Lipinski definition) is 8. The van der Waals surface area contributed by atoms with Crippen molar-refractivity contribution >= 4 is 22.4 Å². The minimum Gasteiger partial charge on any atom is -0.733 e. The molecule has 34 heavy (non-hydrogen) atoms. The fourth-order valence-corrected chi connectivity index (χ4v) is 3.79. The Balaban J connectivity index is 1.83. The van der Waals surface area contributed by atoms with Gasteiger partial charge >= 0.3 is 5.97 Å². The Bertz CT molecular complexity index is 1400. The van der Waals surface area contributed by atoms with Crippen LogP contribution in [0.2, 0.25) is 0 Å². The van der Waals surface area contributed by atoms with Gasteiger partial charge in [-0.1, -0.05) is 12.1 Å². The van der Waals surface area contributed by atoms with Gasteiger partial charge in [0.1, 0.15) is 23.0 Å². The van der Waals surface area contributed by atoms with Gasteiger partial charge in [0.2, 0.25) is 0 Å². The van der Waals surface area contributed by atoms with Crippen molar-refractivity contribution in [3.63, 3.8) is 0 Å². The minimum atomic E-state index is -0.696. The number of carbonyl (C=O) groups is 1. The van der Waals surface area contributed by atoms with Crippen molar-refractivity contribution in [2.24, 2.45) is 0 Å². The van der Waals surface area contributed by atoms with Crippen LogP contribution < -0.4 is 20.1 Å². The fourth-order valence-electron chi connectivity index (χ4n) is 3.79. The average Bonchev–Trinajstić information content (AvgIpc) is 3.03. The molecular formula is C26H22NO7-. The highest BCUT2D eigenvalue weighted by Crippen LogP contribution is 2.34. The van der Waals surface area contributed by atoms with E-state index < -0.39 is 5.97 Å². The van der Waals surface area contributed by atoms with Gasteiger partial charge in [0.05, 0.1) is 28.6 Å². The monoisotopic (exact) mass is 460 g/mol. The first-order valence-electron chi connectivity index (χ1n) is 10.6. The summed E-state index contributed by atoms with van der Waals surface area (Å²) in [6.45, 7) is 5.81. The number of carbonyl (C=O) groups excluding carboxylic acids is 1. The van der Waals surface area contributed by atoms with E-state index in [9.17, 15) is 14.8 Å². The van der Waals surface area contributed by atoms with Crippen molar-refractivity contribution < 1.29 is 23.9 Å². The molecule has 0 saturated heterocycles. The molecule has 0 unspecified atom stereocenters. The molecule has 4 rings (SSSR count). The number of furan rings is 1. The maximum absolute atomic E-state index is 13.1. The van der Waals surface area contributed by atoms with E-state index in [4.69, 9.17) is 19.1 Å². The van der Waals surface area contributed by atoms with Crippen molar-refractivity contribution in [3.05, 3.63) is 93.2 Å². The number of rotatable bonds is 6. The largest absolute Gasteiger partial charge is 0.733 e. The number of nitrogens with zero attached hydrogens (tertiary/aromatic N) is 1. The van der Waals surface area contributed by atoms with Crippen LogP contribution in [0.25, 0.3) is 21.9 Å². The van der Waals surface area contributed by atoms with Crippen molar-refractivity contribution in [2.75, 3.05) is 11.8 Å². The lowest BCUT2D eigenvalue weighted by molar-refractivity contribution is 0.0737. The Morgan fingerprint density at radius 2 is 1.62 bits per heavy atom. The third kappa shape index (κ3) is 4.50. The van der Waals surface area contributed by atoms with Gasteiger partial charge in [-0.2, -0.15) is 0 Å². The smallest absolute Gasteiger partial charge is 0.343 e. The molecule has 0 amide bonds. The first kappa shape index (κ1) is 23.0. The average molecular weight is 460 g/mol. The van der Waals surface area contributed by atoms with Gasteiger partial charge in [0.25, 0.3) is 0 Å². The minimum absolute atomic E-state index is 0.0277. The Hall–Kier alpha value is -4.14. The van der Waals surface area contributed by atoms with Crippen LogP contribution in [0.15, 0.2) is 69.9 Å². The van der Waals surface area contributed by atoms with E-state index in [0.29, 0.717) is 40.2 Å². The van der Waals surface area contributed by atoms with Crippen LogP contribution in [0.3, 0.4) is 0 Å². The van der Waals surface area contributed by atoms with Gasteiger partial charge in [-0.25, -0.2) is 4.79 Å². The summed E-state index contributed by atoms with van der Waals surface area (Å²) in [5, 5.41) is 20.4. The van der Waals surface area contributed by atoms with Crippen LogP contribution in [-0.4, -0.2) is 17.8 Å². The molecule has 0 fully saturated rings. The molecule has 0 aliphatic carbocycles. The summed E-state index contributed by atoms with van der Waals surface area (Å²) in [6.07, 6.45) is 0. The highest BCUT2D eigenvalue weighted by Gasteiger charge is 2.19. The molecule has 0 bridgehead atoms. The molecule has 1 heterocycles. The maximum atomic E-state index is 13.1. The zero-order chi connectivity index (χ0) is 24.4.